The topological polar surface area (TPSA) is 30.9 Å². The third-order valence-corrected chi connectivity index (χ3v) is 8.36. The fourth-order valence-corrected chi connectivity index (χ4v) is 6.71. The molecule has 2 aromatic carbocycles. The molecule has 2 heterocycles. The molecule has 1 unspecified atom stereocenters. The smallest absolute Gasteiger partial charge is 0.119 e. The highest BCUT2D eigenvalue weighted by Crippen LogP contribution is 2.51. The number of thioether (sulfide) groups is 1. The second-order valence-corrected chi connectivity index (χ2v) is 10.2. The minimum Gasteiger partial charge on any atom is -0.497 e. The van der Waals surface area contributed by atoms with E-state index in [-0.39, 0.29) is 5.25 Å². The molecule has 0 N–H and O–H groups in total. The zero-order valence-electron chi connectivity index (χ0n) is 19.7. The molecule has 4 aliphatic rings. The van der Waals surface area contributed by atoms with Gasteiger partial charge in [0.05, 0.1) is 19.5 Å². The van der Waals surface area contributed by atoms with Crippen molar-refractivity contribution in [1.29, 1.82) is 0 Å². The van der Waals surface area contributed by atoms with Gasteiger partial charge in [-0.25, -0.2) is 0 Å². The monoisotopic (exact) mass is 471 g/mol. The molecule has 1 atom stereocenters. The van der Waals surface area contributed by atoms with E-state index in [4.69, 9.17) is 14.2 Å². The van der Waals surface area contributed by atoms with Crippen LogP contribution >= 0.6 is 11.8 Å². The summed E-state index contributed by atoms with van der Waals surface area (Å²) in [5.41, 5.74) is 5.19. The minimum atomic E-state index is 0.271. The van der Waals surface area contributed by atoms with Gasteiger partial charge < -0.3 is 14.2 Å². The van der Waals surface area contributed by atoms with Crippen molar-refractivity contribution >= 4 is 22.2 Å². The number of rotatable bonds is 7. The van der Waals surface area contributed by atoms with Crippen molar-refractivity contribution in [2.75, 3.05) is 40.5 Å². The fourth-order valence-electron chi connectivity index (χ4n) is 5.30. The van der Waals surface area contributed by atoms with Crippen LogP contribution in [-0.4, -0.2) is 50.6 Å². The van der Waals surface area contributed by atoms with Crippen LogP contribution in [0.15, 0.2) is 77.6 Å². The van der Waals surface area contributed by atoms with Crippen molar-refractivity contribution in [3.8, 4) is 11.5 Å². The zero-order valence-corrected chi connectivity index (χ0v) is 20.5. The van der Waals surface area contributed by atoms with Crippen LogP contribution in [-0.2, 0) is 4.74 Å². The molecule has 2 aliphatic carbocycles. The summed E-state index contributed by atoms with van der Waals surface area (Å²) in [5.74, 6) is 2.74. The third-order valence-electron chi connectivity index (χ3n) is 7.05. The maximum Gasteiger partial charge on any atom is 0.119 e. The second kappa shape index (κ2) is 9.05. The van der Waals surface area contributed by atoms with Crippen molar-refractivity contribution in [3.05, 3.63) is 93.6 Å². The lowest BCUT2D eigenvalue weighted by molar-refractivity contribution is 0.238. The van der Waals surface area contributed by atoms with Crippen molar-refractivity contribution in [1.82, 2.24) is 4.90 Å². The Labute approximate surface area is 204 Å². The number of ether oxygens (including phenoxy) is 3. The van der Waals surface area contributed by atoms with Gasteiger partial charge >= 0.3 is 0 Å². The zero-order chi connectivity index (χ0) is 23.1. The molecule has 5 heteroatoms. The first-order chi connectivity index (χ1) is 16.7. The first-order valence-electron chi connectivity index (χ1n) is 12.0. The van der Waals surface area contributed by atoms with E-state index in [1.165, 1.54) is 63.6 Å². The summed E-state index contributed by atoms with van der Waals surface area (Å²) < 4.78 is 17.1. The number of benzene rings is 2. The van der Waals surface area contributed by atoms with Crippen LogP contribution in [0.4, 0.5) is 0 Å². The quantitative estimate of drug-likeness (QED) is 0.609. The number of methoxy groups -OCH3 is 2. The van der Waals surface area contributed by atoms with Crippen LogP contribution in [0.3, 0.4) is 0 Å². The van der Waals surface area contributed by atoms with Gasteiger partial charge in [-0.1, -0.05) is 24.3 Å². The first-order valence-corrected chi connectivity index (χ1v) is 12.9. The Hall–Kier alpha value is -2.89. The number of likely N-dealkylation sites (tertiary alicyclic amines) is 1. The van der Waals surface area contributed by atoms with E-state index in [2.05, 4.69) is 65.6 Å². The molecule has 1 saturated heterocycles. The van der Waals surface area contributed by atoms with Gasteiger partial charge in [0, 0.05) is 22.2 Å². The lowest BCUT2D eigenvalue weighted by Crippen LogP contribution is -2.25. The van der Waals surface area contributed by atoms with E-state index in [0.29, 0.717) is 0 Å². The molecule has 34 heavy (non-hydrogen) atoms. The number of allylic oxidation sites excluding steroid dienone is 2. The molecule has 0 spiro atoms. The molecule has 6 rings (SSSR count). The molecular formula is C29H29NO3S. The maximum absolute atomic E-state index is 6.06. The molecule has 0 radical (unpaired) electrons. The SMILES string of the molecule is COC1=CC2SC3=c4cc(OC)ccc4=C(c4ccc(OCCN5CCCC5)cc4)C3=C2C=C1. The Morgan fingerprint density at radius 1 is 0.882 bits per heavy atom. The van der Waals surface area contributed by atoms with Crippen LogP contribution in [0.5, 0.6) is 11.5 Å². The summed E-state index contributed by atoms with van der Waals surface area (Å²) in [6.07, 6.45) is 9.13. The first kappa shape index (κ1) is 21.6. The Morgan fingerprint density at radius 2 is 1.68 bits per heavy atom. The van der Waals surface area contributed by atoms with Crippen LogP contribution in [0, 0.1) is 0 Å². The van der Waals surface area contributed by atoms with E-state index >= 15 is 0 Å². The summed E-state index contributed by atoms with van der Waals surface area (Å²) in [7, 11) is 3.46. The Morgan fingerprint density at radius 3 is 2.44 bits per heavy atom. The molecule has 174 valence electrons. The largest absolute Gasteiger partial charge is 0.497 e. The van der Waals surface area contributed by atoms with E-state index in [1.54, 1.807) is 14.2 Å². The average molecular weight is 472 g/mol. The van der Waals surface area contributed by atoms with Crippen molar-refractivity contribution in [3.63, 3.8) is 0 Å². The van der Waals surface area contributed by atoms with Gasteiger partial charge in [0.1, 0.15) is 23.9 Å². The molecule has 0 amide bonds. The molecule has 2 aliphatic heterocycles. The normalized spacial score (nSPS) is 20.9. The summed E-state index contributed by atoms with van der Waals surface area (Å²) in [6.45, 7) is 4.15. The van der Waals surface area contributed by atoms with E-state index < -0.39 is 0 Å². The van der Waals surface area contributed by atoms with Crippen molar-refractivity contribution < 1.29 is 14.2 Å². The van der Waals surface area contributed by atoms with Gasteiger partial charge in [-0.2, -0.15) is 0 Å². The predicted octanol–water partition coefficient (Wildman–Crippen LogP) is 4.00. The summed E-state index contributed by atoms with van der Waals surface area (Å²) in [4.78, 5) is 3.81. The molecule has 0 bridgehead atoms. The summed E-state index contributed by atoms with van der Waals surface area (Å²) >= 11 is 1.90. The minimum absolute atomic E-state index is 0.271. The molecule has 0 saturated carbocycles. The van der Waals surface area contributed by atoms with Gasteiger partial charge in [0.25, 0.3) is 0 Å². The van der Waals surface area contributed by atoms with Crippen LogP contribution in [0.25, 0.3) is 10.5 Å². The highest BCUT2D eigenvalue weighted by molar-refractivity contribution is 8.09. The van der Waals surface area contributed by atoms with E-state index in [1.807, 2.05) is 11.8 Å². The Kier molecular flexibility index (Phi) is 5.75. The number of fused-ring (bicyclic) bond motifs is 3. The average Bonchev–Trinajstić information content (AvgIpc) is 3.59. The second-order valence-electron chi connectivity index (χ2n) is 9.01. The van der Waals surface area contributed by atoms with E-state index in [9.17, 15) is 0 Å². The summed E-state index contributed by atoms with van der Waals surface area (Å²) in [6, 6.07) is 15.0. The number of hydrogen-bond donors (Lipinski definition) is 0. The molecule has 1 fully saturated rings. The molecule has 4 nitrogen and oxygen atoms in total. The standard InChI is InChI=1S/C29H29NO3S/c1-31-21-9-11-23-25(17-21)29-28(24-12-10-22(32-2)18-26(24)34-29)27(23)19-5-7-20(8-6-19)33-16-15-30-13-3-4-14-30/h5-12,17-18,26H,3-4,13-16H2,1-2H3. The van der Waals surface area contributed by atoms with Gasteiger partial charge in [0.15, 0.2) is 0 Å². The van der Waals surface area contributed by atoms with Crippen LogP contribution in [0.1, 0.15) is 18.4 Å². The summed E-state index contributed by atoms with van der Waals surface area (Å²) in [5, 5.41) is 2.79. The predicted molar refractivity (Wildman–Crippen MR) is 138 cm³/mol. The fraction of sp³-hybridized carbons (Fsp3) is 0.310. The van der Waals surface area contributed by atoms with E-state index in [0.717, 1.165) is 30.4 Å². The molecule has 2 aromatic rings. The van der Waals surface area contributed by atoms with Crippen LogP contribution < -0.4 is 19.9 Å². The maximum atomic E-state index is 6.06. The number of hydrogen-bond acceptors (Lipinski definition) is 5. The number of nitrogens with zero attached hydrogens (tertiary/aromatic N) is 1. The highest BCUT2D eigenvalue weighted by Gasteiger charge is 2.35. The van der Waals surface area contributed by atoms with Crippen molar-refractivity contribution in [2.24, 2.45) is 0 Å². The lowest BCUT2D eigenvalue weighted by Gasteiger charge is -2.16. The van der Waals surface area contributed by atoms with Crippen LogP contribution in [0.2, 0.25) is 0 Å². The van der Waals surface area contributed by atoms with Crippen molar-refractivity contribution in [2.45, 2.75) is 18.1 Å². The molecule has 0 aromatic heterocycles. The lowest BCUT2D eigenvalue weighted by atomic mass is 9.92. The third kappa shape index (κ3) is 3.77. The van der Waals surface area contributed by atoms with Gasteiger partial charge in [0.2, 0.25) is 0 Å². The molecular weight excluding hydrogens is 442 g/mol. The van der Waals surface area contributed by atoms with Gasteiger partial charge in [-0.3, -0.25) is 4.90 Å². The van der Waals surface area contributed by atoms with Gasteiger partial charge in [-0.15, -0.1) is 11.8 Å². The van der Waals surface area contributed by atoms with Gasteiger partial charge in [-0.05, 0) is 84.3 Å². The Bertz CT molecular complexity index is 1330. The highest BCUT2D eigenvalue weighted by atomic mass is 32.2. The Balaban J connectivity index is 1.36.